The van der Waals surface area contributed by atoms with Crippen LogP contribution in [0.3, 0.4) is 0 Å². The summed E-state index contributed by atoms with van der Waals surface area (Å²) in [6, 6.07) is 3.14. The fourth-order valence-corrected chi connectivity index (χ4v) is 2.25. The molecule has 0 radical (unpaired) electrons. The van der Waals surface area contributed by atoms with Crippen LogP contribution in [0, 0.1) is 0 Å². The van der Waals surface area contributed by atoms with Crippen LogP contribution in [0.15, 0.2) is 12.1 Å². The minimum atomic E-state index is -2.01. The largest absolute Gasteiger partial charge is 0.480 e. The number of hydrogen-bond donors (Lipinski definition) is 2. The van der Waals surface area contributed by atoms with Crippen molar-refractivity contribution in [3.63, 3.8) is 0 Å². The molecule has 0 aliphatic carbocycles. The fourth-order valence-electron chi connectivity index (χ4n) is 2.25. The normalized spacial score (nSPS) is 13.3. The topological polar surface area (TPSA) is 93.1 Å². The molecule has 1 aromatic carbocycles. The molecule has 1 heterocycles. The maximum absolute atomic E-state index is 11.5. The summed E-state index contributed by atoms with van der Waals surface area (Å²) in [5.74, 6) is -1.90. The van der Waals surface area contributed by atoms with Crippen LogP contribution >= 0.6 is 0 Å². The van der Waals surface area contributed by atoms with Gasteiger partial charge in [-0.2, -0.15) is 0 Å². The molecule has 1 aliphatic heterocycles. The van der Waals surface area contributed by atoms with E-state index in [9.17, 15) is 19.8 Å². The van der Waals surface area contributed by atoms with Crippen molar-refractivity contribution in [3.05, 3.63) is 23.3 Å². The molecule has 0 saturated carbocycles. The van der Waals surface area contributed by atoms with E-state index in [1.807, 2.05) is 6.92 Å². The monoisotopic (exact) mass is 280 g/mol. The third-order valence-corrected chi connectivity index (χ3v) is 3.51. The Morgan fingerprint density at radius 1 is 1.20 bits per heavy atom. The molecule has 1 aliphatic rings. The van der Waals surface area contributed by atoms with Crippen molar-refractivity contribution in [2.45, 2.75) is 32.1 Å². The van der Waals surface area contributed by atoms with Crippen LogP contribution in [0.25, 0.3) is 0 Å². The van der Waals surface area contributed by atoms with Gasteiger partial charge in [-0.15, -0.1) is 0 Å². The van der Waals surface area contributed by atoms with Gasteiger partial charge in [-0.1, -0.05) is 13.3 Å². The lowest BCUT2D eigenvalue weighted by molar-refractivity contribution is -0.156. The first-order valence-electron chi connectivity index (χ1n) is 6.31. The minimum absolute atomic E-state index is 0.0568. The van der Waals surface area contributed by atoms with Gasteiger partial charge >= 0.3 is 11.9 Å². The van der Waals surface area contributed by atoms with Crippen LogP contribution in [-0.4, -0.2) is 28.9 Å². The molecule has 20 heavy (non-hydrogen) atoms. The molecule has 1 aromatic rings. The first kappa shape index (κ1) is 14.2. The molecule has 2 rings (SSSR count). The van der Waals surface area contributed by atoms with E-state index in [-0.39, 0.29) is 12.4 Å². The average molecular weight is 280 g/mol. The van der Waals surface area contributed by atoms with Gasteiger partial charge in [0.15, 0.2) is 16.9 Å². The van der Waals surface area contributed by atoms with E-state index in [1.54, 1.807) is 6.07 Å². The van der Waals surface area contributed by atoms with E-state index in [2.05, 4.69) is 0 Å². The average Bonchev–Trinajstić information content (AvgIpc) is 2.83. The van der Waals surface area contributed by atoms with Gasteiger partial charge in [-0.3, -0.25) is 9.59 Å². The predicted molar refractivity (Wildman–Crippen MR) is 69.2 cm³/mol. The second-order valence-corrected chi connectivity index (χ2v) is 4.85. The molecule has 6 heteroatoms. The Hall–Kier alpha value is -2.24. The Morgan fingerprint density at radius 2 is 1.75 bits per heavy atom. The van der Waals surface area contributed by atoms with Gasteiger partial charge in [0, 0.05) is 0 Å². The molecule has 108 valence electrons. The van der Waals surface area contributed by atoms with Gasteiger partial charge in [-0.05, 0) is 36.6 Å². The number of carbonyl (C=O) groups is 2. The predicted octanol–water partition coefficient (Wildman–Crippen LogP) is 1.79. The van der Waals surface area contributed by atoms with Crippen LogP contribution in [0.4, 0.5) is 0 Å². The third-order valence-electron chi connectivity index (χ3n) is 3.51. The van der Waals surface area contributed by atoms with Gasteiger partial charge in [-0.25, -0.2) is 0 Å². The highest BCUT2D eigenvalue weighted by atomic mass is 16.7. The SMILES string of the molecule is CCCc1cc2c(cc1C(C)(C(=O)O)C(=O)O)OCO2. The van der Waals surface area contributed by atoms with E-state index in [0.29, 0.717) is 23.5 Å². The van der Waals surface area contributed by atoms with Gasteiger partial charge in [0.2, 0.25) is 6.79 Å². The molecule has 6 nitrogen and oxygen atoms in total. The van der Waals surface area contributed by atoms with Crippen molar-refractivity contribution < 1.29 is 29.3 Å². The van der Waals surface area contributed by atoms with Crippen molar-refractivity contribution in [2.24, 2.45) is 0 Å². The Labute approximate surface area is 115 Å². The Kier molecular flexibility index (Phi) is 3.57. The zero-order valence-electron chi connectivity index (χ0n) is 11.3. The van der Waals surface area contributed by atoms with E-state index >= 15 is 0 Å². The number of rotatable bonds is 5. The van der Waals surface area contributed by atoms with Crippen molar-refractivity contribution >= 4 is 11.9 Å². The van der Waals surface area contributed by atoms with Gasteiger partial charge in [0.1, 0.15) is 0 Å². The fraction of sp³-hybridized carbons (Fsp3) is 0.429. The van der Waals surface area contributed by atoms with Gasteiger partial charge < -0.3 is 19.7 Å². The van der Waals surface area contributed by atoms with E-state index in [4.69, 9.17) is 9.47 Å². The quantitative estimate of drug-likeness (QED) is 0.799. The van der Waals surface area contributed by atoms with E-state index in [1.165, 1.54) is 13.0 Å². The highest BCUT2D eigenvalue weighted by Crippen LogP contribution is 2.40. The summed E-state index contributed by atoms with van der Waals surface area (Å²) in [5, 5.41) is 18.7. The molecule has 0 atom stereocenters. The first-order chi connectivity index (χ1) is 9.41. The number of benzene rings is 1. The molecule has 2 N–H and O–H groups in total. The summed E-state index contributed by atoms with van der Waals surface area (Å²) in [6.45, 7) is 3.18. The van der Waals surface area contributed by atoms with Crippen LogP contribution in [-0.2, 0) is 21.4 Å². The number of hydrogen-bond acceptors (Lipinski definition) is 4. The number of carboxylic acids is 2. The second kappa shape index (κ2) is 5.03. The zero-order chi connectivity index (χ0) is 14.9. The lowest BCUT2D eigenvalue weighted by Gasteiger charge is -2.23. The van der Waals surface area contributed by atoms with Crippen molar-refractivity contribution in [3.8, 4) is 11.5 Å². The van der Waals surface area contributed by atoms with Crippen molar-refractivity contribution in [1.29, 1.82) is 0 Å². The van der Waals surface area contributed by atoms with Gasteiger partial charge in [0.05, 0.1) is 0 Å². The summed E-state index contributed by atoms with van der Waals surface area (Å²) in [7, 11) is 0. The minimum Gasteiger partial charge on any atom is -0.480 e. The number of aryl methyl sites for hydroxylation is 1. The molecule has 0 saturated heterocycles. The molecule has 0 unspecified atom stereocenters. The smallest absolute Gasteiger partial charge is 0.325 e. The molecule has 0 fully saturated rings. The zero-order valence-corrected chi connectivity index (χ0v) is 11.3. The Bertz CT molecular complexity index is 549. The number of fused-ring (bicyclic) bond motifs is 1. The summed E-state index contributed by atoms with van der Waals surface area (Å²) >= 11 is 0. The molecular formula is C14H16O6. The third kappa shape index (κ3) is 2.07. The van der Waals surface area contributed by atoms with E-state index < -0.39 is 17.4 Å². The highest BCUT2D eigenvalue weighted by Gasteiger charge is 2.45. The van der Waals surface area contributed by atoms with Crippen LogP contribution in [0.2, 0.25) is 0 Å². The summed E-state index contributed by atoms with van der Waals surface area (Å²) in [4.78, 5) is 22.9. The lowest BCUT2D eigenvalue weighted by Crippen LogP contribution is -2.41. The van der Waals surface area contributed by atoms with Crippen LogP contribution in [0.1, 0.15) is 31.4 Å². The second-order valence-electron chi connectivity index (χ2n) is 4.85. The maximum Gasteiger partial charge on any atom is 0.325 e. The number of ether oxygens (including phenoxy) is 2. The summed E-state index contributed by atoms with van der Waals surface area (Å²) in [6.07, 6.45) is 1.34. The Balaban J connectivity index is 2.64. The highest BCUT2D eigenvalue weighted by molar-refractivity contribution is 6.04. The Morgan fingerprint density at radius 3 is 2.25 bits per heavy atom. The number of carboxylic acid groups (broad SMARTS) is 2. The molecular weight excluding hydrogens is 264 g/mol. The van der Waals surface area contributed by atoms with Crippen molar-refractivity contribution in [2.75, 3.05) is 6.79 Å². The maximum atomic E-state index is 11.5. The summed E-state index contributed by atoms with van der Waals surface area (Å²) < 4.78 is 10.5. The molecule has 0 aromatic heterocycles. The molecule has 0 spiro atoms. The summed E-state index contributed by atoms with van der Waals surface area (Å²) in [5.41, 5.74) is -1.11. The number of aliphatic carboxylic acids is 2. The molecule has 0 amide bonds. The van der Waals surface area contributed by atoms with E-state index in [0.717, 1.165) is 6.42 Å². The van der Waals surface area contributed by atoms with Crippen molar-refractivity contribution in [1.82, 2.24) is 0 Å². The van der Waals surface area contributed by atoms with Crippen LogP contribution < -0.4 is 9.47 Å². The standard InChI is InChI=1S/C14H16O6/c1-3-4-8-5-10-11(20-7-19-10)6-9(8)14(2,12(15)16)13(17)18/h5-6H,3-4,7H2,1-2H3,(H,15,16)(H,17,18). The lowest BCUT2D eigenvalue weighted by atomic mass is 9.79. The first-order valence-corrected chi connectivity index (χ1v) is 6.31. The van der Waals surface area contributed by atoms with Gasteiger partial charge in [0.25, 0.3) is 0 Å². The van der Waals surface area contributed by atoms with Crippen LogP contribution in [0.5, 0.6) is 11.5 Å². The molecule has 0 bridgehead atoms.